The molecule has 0 saturated heterocycles. The van der Waals surface area contributed by atoms with Crippen LogP contribution in [-0.4, -0.2) is 31.2 Å². The van der Waals surface area contributed by atoms with Gasteiger partial charge in [0.1, 0.15) is 34.5 Å². The number of benzene rings is 6. The Labute approximate surface area is 272 Å². The predicted molar refractivity (Wildman–Crippen MR) is 179 cm³/mol. The molecule has 2 atom stereocenters. The van der Waals surface area contributed by atoms with E-state index in [1.165, 1.54) is 0 Å². The minimum atomic E-state index is -0.651. The van der Waals surface area contributed by atoms with Gasteiger partial charge in [0.2, 0.25) is 0 Å². The highest BCUT2D eigenvalue weighted by molar-refractivity contribution is 5.78. The third-order valence-electron chi connectivity index (χ3n) is 8.70. The molecule has 6 heteroatoms. The van der Waals surface area contributed by atoms with Crippen molar-refractivity contribution in [3.05, 3.63) is 146 Å². The van der Waals surface area contributed by atoms with E-state index >= 15 is 0 Å². The number of fused-ring (bicyclic) bond motifs is 7. The summed E-state index contributed by atoms with van der Waals surface area (Å²) in [4.78, 5) is 0. The van der Waals surface area contributed by atoms with Gasteiger partial charge in [0.05, 0.1) is 0 Å². The lowest BCUT2D eigenvalue weighted by Crippen LogP contribution is -2.30. The van der Waals surface area contributed by atoms with Gasteiger partial charge in [-0.15, -0.1) is 0 Å². The zero-order valence-corrected chi connectivity index (χ0v) is 25.3. The van der Waals surface area contributed by atoms with Crippen molar-refractivity contribution in [2.75, 3.05) is 6.61 Å². The standard InChI is InChI=1S/C41H30O6/c1-7-19-32(42-25-38-43-33-20-8-2-15-28(33)29-16-3-9-21-34(29)44-38)26(13-1)27-14-4-10-22-35(27)45-39-40-41(39)47-37-24-12-6-18-31(37)30-17-5-11-23-36(30)46-40/h1-24,38-41H,25H2. The first-order valence-corrected chi connectivity index (χ1v) is 15.8. The second-order valence-corrected chi connectivity index (χ2v) is 11.7. The van der Waals surface area contributed by atoms with Gasteiger partial charge < -0.3 is 28.4 Å². The van der Waals surface area contributed by atoms with Crippen LogP contribution in [0.4, 0.5) is 0 Å². The Morgan fingerprint density at radius 1 is 0.383 bits per heavy atom. The molecule has 1 aliphatic carbocycles. The molecule has 2 aliphatic heterocycles. The van der Waals surface area contributed by atoms with E-state index in [4.69, 9.17) is 28.4 Å². The number of hydrogen-bond donors (Lipinski definition) is 0. The normalized spacial score (nSPS) is 18.7. The fraction of sp³-hybridized carbons (Fsp3) is 0.122. The molecule has 3 aliphatic rings. The molecule has 0 aromatic heterocycles. The smallest absolute Gasteiger partial charge is 0.274 e. The molecule has 6 aromatic rings. The van der Waals surface area contributed by atoms with Crippen molar-refractivity contribution in [3.63, 3.8) is 0 Å². The second-order valence-electron chi connectivity index (χ2n) is 11.7. The van der Waals surface area contributed by atoms with E-state index in [1.807, 2.05) is 133 Å². The first-order chi connectivity index (χ1) is 23.3. The fourth-order valence-electron chi connectivity index (χ4n) is 6.38. The lowest BCUT2D eigenvalue weighted by molar-refractivity contribution is -0.0244. The molecule has 0 radical (unpaired) electrons. The molecular formula is C41H30O6. The maximum Gasteiger partial charge on any atom is 0.274 e. The Hall–Kier alpha value is -5.88. The molecule has 47 heavy (non-hydrogen) atoms. The van der Waals surface area contributed by atoms with Crippen LogP contribution in [0.2, 0.25) is 0 Å². The van der Waals surface area contributed by atoms with Crippen LogP contribution in [0, 0.1) is 0 Å². The van der Waals surface area contributed by atoms with Gasteiger partial charge in [-0.25, -0.2) is 0 Å². The predicted octanol–water partition coefficient (Wildman–Crippen LogP) is 8.83. The Balaban J connectivity index is 0.974. The van der Waals surface area contributed by atoms with E-state index < -0.39 is 6.29 Å². The van der Waals surface area contributed by atoms with E-state index in [-0.39, 0.29) is 24.9 Å². The van der Waals surface area contributed by atoms with Gasteiger partial charge in [-0.3, -0.25) is 0 Å². The van der Waals surface area contributed by atoms with Crippen LogP contribution in [0.5, 0.6) is 34.5 Å². The zero-order valence-electron chi connectivity index (χ0n) is 25.3. The Kier molecular flexibility index (Phi) is 6.70. The van der Waals surface area contributed by atoms with Gasteiger partial charge >= 0.3 is 0 Å². The van der Waals surface area contributed by atoms with Crippen molar-refractivity contribution in [3.8, 4) is 67.9 Å². The fourth-order valence-corrected chi connectivity index (χ4v) is 6.38. The number of para-hydroxylation sites is 6. The van der Waals surface area contributed by atoms with E-state index in [2.05, 4.69) is 12.1 Å². The Morgan fingerprint density at radius 3 is 1.23 bits per heavy atom. The monoisotopic (exact) mass is 618 g/mol. The summed E-state index contributed by atoms with van der Waals surface area (Å²) in [6.45, 7) is 0.177. The summed E-state index contributed by atoms with van der Waals surface area (Å²) in [6.07, 6.45) is -1.45. The van der Waals surface area contributed by atoms with Gasteiger partial charge in [-0.2, -0.15) is 0 Å². The van der Waals surface area contributed by atoms with Crippen LogP contribution in [-0.2, 0) is 0 Å². The van der Waals surface area contributed by atoms with Crippen LogP contribution >= 0.6 is 0 Å². The topological polar surface area (TPSA) is 55.4 Å². The molecule has 2 unspecified atom stereocenters. The highest BCUT2D eigenvalue weighted by Gasteiger charge is 2.59. The molecule has 0 spiro atoms. The SMILES string of the molecule is c1ccc(-c2ccccc2OC2C3Oc4ccccc4-c4ccccc4OC23)c(OCC2Oc3ccccc3-c3ccccc3O2)c1. The number of hydrogen-bond acceptors (Lipinski definition) is 6. The first-order valence-electron chi connectivity index (χ1n) is 15.8. The summed E-state index contributed by atoms with van der Waals surface area (Å²) >= 11 is 0. The first kappa shape index (κ1) is 27.4. The molecule has 2 heterocycles. The minimum absolute atomic E-state index is 0.177. The van der Waals surface area contributed by atoms with Crippen LogP contribution in [0.1, 0.15) is 0 Å². The molecule has 1 saturated carbocycles. The van der Waals surface area contributed by atoms with E-state index in [1.54, 1.807) is 0 Å². The molecule has 0 amide bonds. The van der Waals surface area contributed by atoms with E-state index in [0.29, 0.717) is 5.75 Å². The summed E-state index contributed by atoms with van der Waals surface area (Å²) in [5.41, 5.74) is 5.79. The molecular weight excluding hydrogens is 588 g/mol. The summed E-state index contributed by atoms with van der Waals surface area (Å²) in [5, 5.41) is 0. The molecule has 0 N–H and O–H groups in total. The Morgan fingerprint density at radius 2 is 0.745 bits per heavy atom. The van der Waals surface area contributed by atoms with Gasteiger partial charge in [0.25, 0.3) is 6.29 Å². The van der Waals surface area contributed by atoms with Gasteiger partial charge in [0, 0.05) is 33.4 Å². The van der Waals surface area contributed by atoms with Crippen LogP contribution < -0.4 is 28.4 Å². The maximum absolute atomic E-state index is 6.69. The van der Waals surface area contributed by atoms with Crippen LogP contribution in [0.15, 0.2) is 146 Å². The summed E-state index contributed by atoms with van der Waals surface area (Å²) < 4.78 is 38.7. The third kappa shape index (κ3) is 5.08. The van der Waals surface area contributed by atoms with Crippen molar-refractivity contribution in [1.82, 2.24) is 0 Å². The highest BCUT2D eigenvalue weighted by atomic mass is 16.7. The van der Waals surface area contributed by atoms with Crippen molar-refractivity contribution in [2.45, 2.75) is 24.6 Å². The molecule has 6 aromatic carbocycles. The average Bonchev–Trinajstić information content (AvgIpc) is 3.78. The van der Waals surface area contributed by atoms with E-state index in [9.17, 15) is 0 Å². The maximum atomic E-state index is 6.69. The lowest BCUT2D eigenvalue weighted by atomic mass is 10.0. The average molecular weight is 619 g/mol. The van der Waals surface area contributed by atoms with Gasteiger partial charge in [0.15, 0.2) is 24.9 Å². The lowest BCUT2D eigenvalue weighted by Gasteiger charge is -2.20. The quantitative estimate of drug-likeness (QED) is 0.186. The van der Waals surface area contributed by atoms with Crippen LogP contribution in [0.25, 0.3) is 33.4 Å². The summed E-state index contributed by atoms with van der Waals surface area (Å²) in [5.74, 6) is 4.57. The van der Waals surface area contributed by atoms with Crippen molar-refractivity contribution in [1.29, 1.82) is 0 Å². The number of rotatable bonds is 6. The van der Waals surface area contributed by atoms with Crippen molar-refractivity contribution in [2.24, 2.45) is 0 Å². The Bertz CT molecular complexity index is 1990. The summed E-state index contributed by atoms with van der Waals surface area (Å²) in [7, 11) is 0. The second kappa shape index (κ2) is 11.5. The van der Waals surface area contributed by atoms with Crippen LogP contribution in [0.3, 0.4) is 0 Å². The largest absolute Gasteiger partial charge is 0.485 e. The van der Waals surface area contributed by atoms with E-state index in [0.717, 1.165) is 62.1 Å². The molecule has 1 fully saturated rings. The zero-order chi connectivity index (χ0) is 31.2. The van der Waals surface area contributed by atoms with Gasteiger partial charge in [-0.05, 0) is 36.4 Å². The number of ether oxygens (including phenoxy) is 6. The molecule has 230 valence electrons. The third-order valence-corrected chi connectivity index (χ3v) is 8.70. The van der Waals surface area contributed by atoms with Gasteiger partial charge in [-0.1, -0.05) is 109 Å². The highest BCUT2D eigenvalue weighted by Crippen LogP contribution is 2.47. The molecule has 6 nitrogen and oxygen atoms in total. The van der Waals surface area contributed by atoms with Crippen molar-refractivity contribution < 1.29 is 28.4 Å². The summed E-state index contributed by atoms with van der Waals surface area (Å²) in [6, 6.07) is 48.0. The molecule has 0 bridgehead atoms. The minimum Gasteiger partial charge on any atom is -0.485 e. The molecule has 9 rings (SSSR count). The van der Waals surface area contributed by atoms with Crippen molar-refractivity contribution >= 4 is 0 Å².